The molecule has 2 aromatic heterocycles. The third kappa shape index (κ3) is 2.52. The summed E-state index contributed by atoms with van der Waals surface area (Å²) in [7, 11) is 1.91. The minimum atomic E-state index is -0.0312. The van der Waals surface area contributed by atoms with Crippen LogP contribution in [0, 0.1) is 13.8 Å². The van der Waals surface area contributed by atoms with Crippen LogP contribution < -0.4 is 5.32 Å². The van der Waals surface area contributed by atoms with Crippen molar-refractivity contribution in [3.8, 4) is 0 Å². The van der Waals surface area contributed by atoms with Crippen molar-refractivity contribution in [2.75, 3.05) is 0 Å². The van der Waals surface area contributed by atoms with Crippen LogP contribution in [0.15, 0.2) is 30.3 Å². The van der Waals surface area contributed by atoms with Crippen molar-refractivity contribution in [2.45, 2.75) is 26.8 Å². The Hall–Kier alpha value is -2.14. The second-order valence-electron chi connectivity index (χ2n) is 5.59. The van der Waals surface area contributed by atoms with Crippen molar-refractivity contribution in [2.24, 2.45) is 7.05 Å². The molecule has 0 saturated carbocycles. The Balaban J connectivity index is 1.84. The molecule has 4 nitrogen and oxygen atoms in total. The molecule has 0 aliphatic carbocycles. The number of amides is 1. The Kier molecular flexibility index (Phi) is 3.74. The highest BCUT2D eigenvalue weighted by atomic mass is 32.1. The topological polar surface area (TPSA) is 46.9 Å². The molecule has 0 aliphatic rings. The molecule has 22 heavy (non-hydrogen) atoms. The Bertz CT molecular complexity index is 812. The van der Waals surface area contributed by atoms with E-state index in [2.05, 4.69) is 29.5 Å². The molecule has 0 aliphatic heterocycles. The van der Waals surface area contributed by atoms with Gasteiger partial charge >= 0.3 is 0 Å². The van der Waals surface area contributed by atoms with Gasteiger partial charge in [-0.2, -0.15) is 5.10 Å². The molecule has 1 aromatic carbocycles. The van der Waals surface area contributed by atoms with Crippen molar-refractivity contribution in [1.29, 1.82) is 0 Å². The van der Waals surface area contributed by atoms with E-state index in [1.165, 1.54) is 16.9 Å². The average molecular weight is 313 g/mol. The summed E-state index contributed by atoms with van der Waals surface area (Å²) in [4.78, 5) is 14.3. The summed E-state index contributed by atoms with van der Waals surface area (Å²) in [6, 6.07) is 10.0. The van der Waals surface area contributed by atoms with E-state index in [1.54, 1.807) is 0 Å². The fourth-order valence-corrected chi connectivity index (χ4v) is 3.76. The average Bonchev–Trinajstić information content (AvgIpc) is 3.02. The fraction of sp³-hybridized carbons (Fsp3) is 0.294. The second kappa shape index (κ2) is 5.57. The zero-order valence-electron chi connectivity index (χ0n) is 13.2. The zero-order valence-corrected chi connectivity index (χ0v) is 14.0. The van der Waals surface area contributed by atoms with Crippen LogP contribution in [0.3, 0.4) is 0 Å². The molecule has 114 valence electrons. The Morgan fingerprint density at radius 3 is 2.73 bits per heavy atom. The Labute approximate surface area is 133 Å². The van der Waals surface area contributed by atoms with E-state index in [0.29, 0.717) is 0 Å². The molecule has 1 N–H and O–H groups in total. The van der Waals surface area contributed by atoms with Crippen LogP contribution in [0.4, 0.5) is 0 Å². The first kappa shape index (κ1) is 14.8. The third-order valence-corrected chi connectivity index (χ3v) is 5.12. The van der Waals surface area contributed by atoms with Gasteiger partial charge in [-0.3, -0.25) is 9.48 Å². The van der Waals surface area contributed by atoms with Gasteiger partial charge in [0.05, 0.1) is 16.6 Å². The van der Waals surface area contributed by atoms with Gasteiger partial charge in [-0.25, -0.2) is 0 Å². The molecule has 0 unspecified atom stereocenters. The highest BCUT2D eigenvalue weighted by molar-refractivity contribution is 7.20. The van der Waals surface area contributed by atoms with E-state index in [1.807, 2.05) is 43.8 Å². The highest BCUT2D eigenvalue weighted by Crippen LogP contribution is 2.28. The largest absolute Gasteiger partial charge is 0.345 e. The number of hydrogen-bond acceptors (Lipinski definition) is 3. The lowest BCUT2D eigenvalue weighted by molar-refractivity contribution is 0.0944. The molecular formula is C17H19N3OS. The third-order valence-electron chi connectivity index (χ3n) is 3.92. The van der Waals surface area contributed by atoms with Crippen LogP contribution in [-0.4, -0.2) is 15.7 Å². The van der Waals surface area contributed by atoms with Crippen LogP contribution in [0.5, 0.6) is 0 Å². The number of aryl methyl sites for hydroxylation is 3. The first-order valence-electron chi connectivity index (χ1n) is 7.27. The fourth-order valence-electron chi connectivity index (χ4n) is 2.74. The van der Waals surface area contributed by atoms with Gasteiger partial charge in [0.1, 0.15) is 4.83 Å². The Morgan fingerprint density at radius 1 is 1.32 bits per heavy atom. The van der Waals surface area contributed by atoms with E-state index < -0.39 is 0 Å². The Morgan fingerprint density at radius 2 is 2.05 bits per heavy atom. The molecule has 0 fully saturated rings. The van der Waals surface area contributed by atoms with Crippen molar-refractivity contribution >= 4 is 27.5 Å². The molecule has 1 atom stereocenters. The smallest absolute Gasteiger partial charge is 0.261 e. The first-order chi connectivity index (χ1) is 10.5. The number of carbonyl (C=O) groups is 1. The van der Waals surface area contributed by atoms with Crippen molar-refractivity contribution in [3.05, 3.63) is 52.0 Å². The van der Waals surface area contributed by atoms with Crippen LogP contribution in [0.1, 0.15) is 39.5 Å². The maximum Gasteiger partial charge on any atom is 0.261 e. The van der Waals surface area contributed by atoms with E-state index in [0.717, 1.165) is 26.4 Å². The SMILES string of the molecule is Cc1ccccc1[C@@H](C)NC(=O)c1cc2c(C)nn(C)c2s1. The number of rotatable bonds is 3. The van der Waals surface area contributed by atoms with Gasteiger partial charge in [0.15, 0.2) is 0 Å². The lowest BCUT2D eigenvalue weighted by Crippen LogP contribution is -2.26. The summed E-state index contributed by atoms with van der Waals surface area (Å²) >= 11 is 1.48. The number of carbonyl (C=O) groups excluding carboxylic acids is 1. The molecule has 0 radical (unpaired) electrons. The van der Waals surface area contributed by atoms with Crippen LogP contribution >= 0.6 is 11.3 Å². The van der Waals surface area contributed by atoms with E-state index in [-0.39, 0.29) is 11.9 Å². The zero-order chi connectivity index (χ0) is 15.9. The van der Waals surface area contributed by atoms with Gasteiger partial charge in [0, 0.05) is 12.4 Å². The number of aromatic nitrogens is 2. The molecule has 1 amide bonds. The van der Waals surface area contributed by atoms with Crippen LogP contribution in [0.2, 0.25) is 0 Å². The maximum absolute atomic E-state index is 12.5. The molecule has 0 saturated heterocycles. The summed E-state index contributed by atoms with van der Waals surface area (Å²) in [6.07, 6.45) is 0. The minimum Gasteiger partial charge on any atom is -0.345 e. The molecule has 0 spiro atoms. The van der Waals surface area contributed by atoms with Gasteiger partial charge in [0.2, 0.25) is 0 Å². The highest BCUT2D eigenvalue weighted by Gasteiger charge is 2.17. The molecule has 2 heterocycles. The standard InChI is InChI=1S/C17H19N3OS/c1-10-7-5-6-8-13(10)11(2)18-16(21)15-9-14-12(3)19-20(4)17(14)22-15/h5-9,11H,1-4H3,(H,18,21)/t11-/m1/s1. The molecular weight excluding hydrogens is 294 g/mol. The van der Waals surface area contributed by atoms with Crippen LogP contribution in [0.25, 0.3) is 10.2 Å². The quantitative estimate of drug-likeness (QED) is 0.800. The van der Waals surface area contributed by atoms with Gasteiger partial charge in [-0.15, -0.1) is 11.3 Å². The maximum atomic E-state index is 12.5. The number of hydrogen-bond donors (Lipinski definition) is 1. The molecule has 3 rings (SSSR count). The number of fused-ring (bicyclic) bond motifs is 1. The predicted octanol–water partition coefficient (Wildman–Crippen LogP) is 3.74. The molecule has 0 bridgehead atoms. The number of benzene rings is 1. The predicted molar refractivity (Wildman–Crippen MR) is 90.4 cm³/mol. The minimum absolute atomic E-state index is 0.0156. The lowest BCUT2D eigenvalue weighted by Gasteiger charge is -2.15. The van der Waals surface area contributed by atoms with Crippen molar-refractivity contribution in [3.63, 3.8) is 0 Å². The first-order valence-corrected chi connectivity index (χ1v) is 8.08. The van der Waals surface area contributed by atoms with Crippen molar-refractivity contribution in [1.82, 2.24) is 15.1 Å². The summed E-state index contributed by atoms with van der Waals surface area (Å²) in [5.41, 5.74) is 3.29. The van der Waals surface area contributed by atoms with E-state index >= 15 is 0 Å². The monoisotopic (exact) mass is 313 g/mol. The van der Waals surface area contributed by atoms with E-state index in [4.69, 9.17) is 0 Å². The number of nitrogens with zero attached hydrogens (tertiary/aromatic N) is 2. The summed E-state index contributed by atoms with van der Waals surface area (Å²) in [6.45, 7) is 6.04. The number of nitrogens with one attached hydrogen (secondary N) is 1. The van der Waals surface area contributed by atoms with Crippen LogP contribution in [-0.2, 0) is 7.05 Å². The summed E-state index contributed by atoms with van der Waals surface area (Å²) in [5.74, 6) is -0.0312. The van der Waals surface area contributed by atoms with Gasteiger partial charge in [-0.05, 0) is 38.0 Å². The number of thiophene rings is 1. The molecule has 5 heteroatoms. The lowest BCUT2D eigenvalue weighted by atomic mass is 10.0. The normalized spacial score (nSPS) is 12.5. The second-order valence-corrected chi connectivity index (χ2v) is 6.62. The summed E-state index contributed by atoms with van der Waals surface area (Å²) < 4.78 is 1.83. The van der Waals surface area contributed by atoms with Crippen molar-refractivity contribution < 1.29 is 4.79 Å². The van der Waals surface area contributed by atoms with Gasteiger partial charge in [0.25, 0.3) is 5.91 Å². The summed E-state index contributed by atoms with van der Waals surface area (Å²) in [5, 5.41) is 8.51. The van der Waals surface area contributed by atoms with Gasteiger partial charge < -0.3 is 5.32 Å². The van der Waals surface area contributed by atoms with E-state index in [9.17, 15) is 4.79 Å². The van der Waals surface area contributed by atoms with Gasteiger partial charge in [-0.1, -0.05) is 24.3 Å². The molecule has 3 aromatic rings.